The summed E-state index contributed by atoms with van der Waals surface area (Å²) in [4.78, 5) is 45.8. The number of rotatable bonds is 8. The third kappa shape index (κ3) is 3.89. The van der Waals surface area contributed by atoms with Crippen molar-refractivity contribution in [2.75, 3.05) is 26.4 Å². The van der Waals surface area contributed by atoms with E-state index >= 15 is 0 Å². The minimum Gasteiger partial charge on any atom is -0.481 e. The van der Waals surface area contributed by atoms with Crippen LogP contribution in [-0.4, -0.2) is 66.3 Å². The number of carboxylic acid groups (broad SMARTS) is 1. The molecule has 120 valence electrons. The lowest BCUT2D eigenvalue weighted by atomic mass is 10.0. The van der Waals surface area contributed by atoms with Gasteiger partial charge in [-0.2, -0.15) is 0 Å². The largest absolute Gasteiger partial charge is 0.481 e. The number of amides is 3. The van der Waals surface area contributed by atoms with Gasteiger partial charge in [0.25, 0.3) is 11.8 Å². The highest BCUT2D eigenvalue weighted by Gasteiger charge is 2.38. The predicted molar refractivity (Wildman–Crippen MR) is 70.3 cm³/mol. The van der Waals surface area contributed by atoms with Gasteiger partial charge in [-0.3, -0.25) is 24.1 Å². The van der Waals surface area contributed by atoms with Gasteiger partial charge in [0.2, 0.25) is 5.91 Å². The van der Waals surface area contributed by atoms with Gasteiger partial charge in [0.1, 0.15) is 12.1 Å². The third-order valence-electron chi connectivity index (χ3n) is 3.27. The van der Waals surface area contributed by atoms with Crippen molar-refractivity contribution in [3.05, 3.63) is 12.2 Å². The number of ether oxygens (including phenoxy) is 2. The molecule has 0 aromatic heterocycles. The molecule has 2 atom stereocenters. The van der Waals surface area contributed by atoms with Crippen LogP contribution >= 0.6 is 0 Å². The van der Waals surface area contributed by atoms with Crippen LogP contribution in [-0.2, 0) is 28.7 Å². The number of carbonyl (C=O) groups is 4. The van der Waals surface area contributed by atoms with Crippen LogP contribution in [0, 0.1) is 5.92 Å². The molecular formula is C13H16N2O7. The van der Waals surface area contributed by atoms with Crippen molar-refractivity contribution < 1.29 is 33.8 Å². The van der Waals surface area contributed by atoms with Gasteiger partial charge in [-0.05, 0) is 0 Å². The van der Waals surface area contributed by atoms with Crippen LogP contribution in [0.2, 0.25) is 0 Å². The SMILES string of the molecule is O=C(CCOCCN1C(=O)C=CC1=O)NC1OCC1C(=O)O. The Kier molecular flexibility index (Phi) is 5.23. The van der Waals surface area contributed by atoms with Crippen LogP contribution in [0.4, 0.5) is 0 Å². The van der Waals surface area contributed by atoms with Crippen molar-refractivity contribution in [2.45, 2.75) is 12.6 Å². The van der Waals surface area contributed by atoms with Gasteiger partial charge >= 0.3 is 5.97 Å². The van der Waals surface area contributed by atoms with Crippen LogP contribution in [0.25, 0.3) is 0 Å². The number of carboxylic acids is 1. The summed E-state index contributed by atoms with van der Waals surface area (Å²) in [5.41, 5.74) is 0. The lowest BCUT2D eigenvalue weighted by Gasteiger charge is -2.33. The molecule has 2 N–H and O–H groups in total. The lowest BCUT2D eigenvalue weighted by molar-refractivity contribution is -0.180. The molecule has 2 aliphatic rings. The Morgan fingerprint density at radius 1 is 1.32 bits per heavy atom. The number of nitrogens with one attached hydrogen (secondary N) is 1. The van der Waals surface area contributed by atoms with Gasteiger partial charge in [-0.1, -0.05) is 0 Å². The van der Waals surface area contributed by atoms with Crippen LogP contribution in [0.15, 0.2) is 12.2 Å². The quantitative estimate of drug-likeness (QED) is 0.413. The Labute approximate surface area is 125 Å². The molecule has 0 aliphatic carbocycles. The molecule has 2 rings (SSSR count). The molecule has 9 heteroatoms. The summed E-state index contributed by atoms with van der Waals surface area (Å²) in [5.74, 6) is -2.88. The van der Waals surface area contributed by atoms with E-state index in [9.17, 15) is 19.2 Å². The first-order chi connectivity index (χ1) is 10.5. The molecule has 1 saturated heterocycles. The topological polar surface area (TPSA) is 122 Å². The number of hydrogen-bond acceptors (Lipinski definition) is 6. The van der Waals surface area contributed by atoms with Crippen molar-refractivity contribution in [3.63, 3.8) is 0 Å². The Morgan fingerprint density at radius 3 is 2.55 bits per heavy atom. The second-order valence-electron chi connectivity index (χ2n) is 4.79. The second-order valence-corrected chi connectivity index (χ2v) is 4.79. The molecule has 0 bridgehead atoms. The summed E-state index contributed by atoms with van der Waals surface area (Å²) >= 11 is 0. The van der Waals surface area contributed by atoms with E-state index < -0.39 is 18.1 Å². The first-order valence-electron chi connectivity index (χ1n) is 6.74. The average Bonchev–Trinajstić information content (AvgIpc) is 2.74. The minimum atomic E-state index is -1.01. The number of nitrogens with zero attached hydrogens (tertiary/aromatic N) is 1. The third-order valence-corrected chi connectivity index (χ3v) is 3.27. The zero-order chi connectivity index (χ0) is 16.1. The minimum absolute atomic E-state index is 0.0341. The molecule has 0 spiro atoms. The molecule has 3 amide bonds. The maximum atomic E-state index is 11.5. The smallest absolute Gasteiger partial charge is 0.313 e. The van der Waals surface area contributed by atoms with E-state index in [1.54, 1.807) is 0 Å². The molecular weight excluding hydrogens is 296 g/mol. The Bertz CT molecular complexity index is 499. The number of hydrogen-bond donors (Lipinski definition) is 2. The molecule has 1 fully saturated rings. The molecule has 0 aromatic rings. The average molecular weight is 312 g/mol. The molecule has 0 aromatic carbocycles. The van der Waals surface area contributed by atoms with Gasteiger partial charge < -0.3 is 19.9 Å². The van der Waals surface area contributed by atoms with Crippen LogP contribution in [0.3, 0.4) is 0 Å². The van der Waals surface area contributed by atoms with E-state index in [1.165, 1.54) is 12.2 Å². The summed E-state index contributed by atoms with van der Waals surface area (Å²) in [5, 5.41) is 11.2. The van der Waals surface area contributed by atoms with Gasteiger partial charge in [0.15, 0.2) is 0 Å². The number of carbonyl (C=O) groups excluding carboxylic acids is 3. The molecule has 0 radical (unpaired) electrons. The maximum Gasteiger partial charge on any atom is 0.313 e. The number of aliphatic carboxylic acids is 1. The van der Waals surface area contributed by atoms with Gasteiger partial charge in [-0.25, -0.2) is 0 Å². The summed E-state index contributed by atoms with van der Waals surface area (Å²) in [7, 11) is 0. The monoisotopic (exact) mass is 312 g/mol. The lowest BCUT2D eigenvalue weighted by Crippen LogP contribution is -2.55. The highest BCUT2D eigenvalue weighted by atomic mass is 16.5. The van der Waals surface area contributed by atoms with Crippen molar-refractivity contribution in [3.8, 4) is 0 Å². The van der Waals surface area contributed by atoms with Gasteiger partial charge in [-0.15, -0.1) is 0 Å². The fraction of sp³-hybridized carbons (Fsp3) is 0.538. The first-order valence-corrected chi connectivity index (χ1v) is 6.74. The summed E-state index contributed by atoms with van der Waals surface area (Å²) < 4.78 is 10.1. The predicted octanol–water partition coefficient (Wildman–Crippen LogP) is -1.51. The number of imide groups is 1. The van der Waals surface area contributed by atoms with Crippen LogP contribution in [0.1, 0.15) is 6.42 Å². The molecule has 0 saturated carbocycles. The Hall–Kier alpha value is -2.26. The highest BCUT2D eigenvalue weighted by Crippen LogP contribution is 2.18. The van der Waals surface area contributed by atoms with E-state index in [0.29, 0.717) is 0 Å². The molecule has 2 heterocycles. The van der Waals surface area contributed by atoms with E-state index in [1.807, 2.05) is 0 Å². The highest BCUT2D eigenvalue weighted by molar-refractivity contribution is 6.12. The normalized spacial score (nSPS) is 23.5. The van der Waals surface area contributed by atoms with Gasteiger partial charge in [0.05, 0.1) is 32.8 Å². The van der Waals surface area contributed by atoms with Gasteiger partial charge in [0, 0.05) is 12.2 Å². The fourth-order valence-corrected chi connectivity index (χ4v) is 1.94. The zero-order valence-electron chi connectivity index (χ0n) is 11.7. The molecule has 9 nitrogen and oxygen atoms in total. The van der Waals surface area contributed by atoms with E-state index in [4.69, 9.17) is 14.6 Å². The van der Waals surface area contributed by atoms with E-state index in [-0.39, 0.29) is 50.5 Å². The van der Waals surface area contributed by atoms with Crippen molar-refractivity contribution in [1.82, 2.24) is 10.2 Å². The van der Waals surface area contributed by atoms with Crippen molar-refractivity contribution in [2.24, 2.45) is 5.92 Å². The molecule has 2 aliphatic heterocycles. The van der Waals surface area contributed by atoms with Crippen molar-refractivity contribution >= 4 is 23.7 Å². The summed E-state index contributed by atoms with van der Waals surface area (Å²) in [6.45, 7) is 0.436. The van der Waals surface area contributed by atoms with E-state index in [0.717, 1.165) is 4.90 Å². The summed E-state index contributed by atoms with van der Waals surface area (Å²) in [6.07, 6.45) is 1.61. The Morgan fingerprint density at radius 2 is 2.00 bits per heavy atom. The van der Waals surface area contributed by atoms with Crippen molar-refractivity contribution in [1.29, 1.82) is 0 Å². The first kappa shape index (κ1) is 16.1. The van der Waals surface area contributed by atoms with Crippen LogP contribution in [0.5, 0.6) is 0 Å². The molecule has 22 heavy (non-hydrogen) atoms. The molecule has 2 unspecified atom stereocenters. The zero-order valence-corrected chi connectivity index (χ0v) is 11.7. The maximum absolute atomic E-state index is 11.5. The Balaban J connectivity index is 1.55. The second kappa shape index (κ2) is 7.14. The fourth-order valence-electron chi connectivity index (χ4n) is 1.94. The van der Waals surface area contributed by atoms with Crippen LogP contribution < -0.4 is 5.32 Å². The van der Waals surface area contributed by atoms with E-state index in [2.05, 4.69) is 5.32 Å². The standard InChI is InChI=1S/C13H16N2O7/c16-9(14-12-8(7-22-12)13(19)20)3-5-21-6-4-15-10(17)1-2-11(15)18/h1-2,8,12H,3-7H2,(H,14,16)(H,19,20). The summed E-state index contributed by atoms with van der Waals surface area (Å²) in [6, 6.07) is 0.